The number of aryl methyl sites for hydroxylation is 1. The molecule has 1 aromatic heterocycles. The molecule has 28 heavy (non-hydrogen) atoms. The maximum absolute atomic E-state index is 12.4. The van der Waals surface area contributed by atoms with Crippen molar-refractivity contribution in [1.82, 2.24) is 19.8 Å². The van der Waals surface area contributed by atoms with Crippen molar-refractivity contribution in [3.05, 3.63) is 68.1 Å². The molecule has 2 aromatic carbocycles. The maximum atomic E-state index is 12.4. The second-order valence-electron chi connectivity index (χ2n) is 5.88. The fraction of sp³-hybridized carbons (Fsp3) is 0.167. The zero-order valence-corrected chi connectivity index (χ0v) is 16.8. The van der Waals surface area contributed by atoms with Crippen LogP contribution < -0.4 is 16.3 Å². The summed E-state index contributed by atoms with van der Waals surface area (Å²) >= 11 is 12.3. The minimum atomic E-state index is -0.436. The van der Waals surface area contributed by atoms with Gasteiger partial charge in [-0.1, -0.05) is 29.3 Å². The fourth-order valence-electron chi connectivity index (χ4n) is 2.80. The molecule has 0 saturated heterocycles. The molecule has 0 fully saturated rings. The predicted octanol–water partition coefficient (Wildman–Crippen LogP) is 3.06. The number of hydrogen-bond acceptors (Lipinski definition) is 6. The van der Waals surface area contributed by atoms with Crippen molar-refractivity contribution >= 4 is 34.5 Å². The number of aromatic nitrogens is 4. The third kappa shape index (κ3) is 3.62. The number of tetrazole rings is 1. The highest BCUT2D eigenvalue weighted by atomic mass is 35.5. The monoisotopic (exact) mass is 421 g/mol. The van der Waals surface area contributed by atoms with E-state index in [0.29, 0.717) is 38.2 Å². The van der Waals surface area contributed by atoms with Crippen molar-refractivity contribution in [3.8, 4) is 11.4 Å². The van der Waals surface area contributed by atoms with E-state index < -0.39 is 5.69 Å². The third-order valence-corrected chi connectivity index (χ3v) is 4.59. The molecule has 0 spiro atoms. The molecule has 0 bridgehead atoms. The molecule has 10 heteroatoms. The lowest BCUT2D eigenvalue weighted by Gasteiger charge is -2.17. The summed E-state index contributed by atoms with van der Waals surface area (Å²) in [5, 5.41) is 8.58. The van der Waals surface area contributed by atoms with Crippen molar-refractivity contribution in [2.24, 2.45) is 12.9 Å². The van der Waals surface area contributed by atoms with E-state index in [4.69, 9.17) is 38.7 Å². The first-order valence-corrected chi connectivity index (χ1v) is 8.83. The fourth-order valence-corrected chi connectivity index (χ4v) is 3.32. The standard InChI is InChI=1S/C18H17Cl2N5O3/c1-10(11-7-12(19)9-13(20)8-11)17(28-21)16-14(5-4-6-15(16)27-3)25-18(26)24(2)22-23-25/h4-9H,21H2,1-3H3/b17-10+. The van der Waals surface area contributed by atoms with Crippen molar-refractivity contribution < 1.29 is 9.57 Å². The van der Waals surface area contributed by atoms with Gasteiger partial charge in [0.05, 0.1) is 18.4 Å². The molecular weight excluding hydrogens is 405 g/mol. The summed E-state index contributed by atoms with van der Waals surface area (Å²) in [7, 11) is 3.00. The highest BCUT2D eigenvalue weighted by molar-refractivity contribution is 6.34. The lowest BCUT2D eigenvalue weighted by molar-refractivity contribution is 0.289. The Balaban J connectivity index is 2.33. The number of nitrogens with zero attached hydrogens (tertiary/aromatic N) is 4. The smallest absolute Gasteiger partial charge is 0.368 e. The number of ether oxygens (including phenoxy) is 1. The van der Waals surface area contributed by atoms with Crippen molar-refractivity contribution in [1.29, 1.82) is 0 Å². The van der Waals surface area contributed by atoms with E-state index in [1.54, 1.807) is 43.3 Å². The molecule has 2 N–H and O–H groups in total. The summed E-state index contributed by atoms with van der Waals surface area (Å²) in [6.07, 6.45) is 0. The first kappa shape index (κ1) is 19.9. The van der Waals surface area contributed by atoms with Crippen LogP contribution in [0.5, 0.6) is 5.75 Å². The Morgan fingerprint density at radius 1 is 1.14 bits per heavy atom. The quantitative estimate of drug-likeness (QED) is 0.386. The van der Waals surface area contributed by atoms with Crippen molar-refractivity contribution in [3.63, 3.8) is 0 Å². The molecule has 0 aliphatic carbocycles. The Hall–Kier alpha value is -2.81. The number of methoxy groups -OCH3 is 1. The van der Waals surface area contributed by atoms with Crippen LogP contribution >= 0.6 is 23.2 Å². The van der Waals surface area contributed by atoms with Crippen LogP contribution in [0.3, 0.4) is 0 Å². The minimum Gasteiger partial charge on any atom is -0.496 e. The Morgan fingerprint density at radius 2 is 1.82 bits per heavy atom. The van der Waals surface area contributed by atoms with E-state index in [1.165, 1.54) is 14.2 Å². The summed E-state index contributed by atoms with van der Waals surface area (Å²) in [4.78, 5) is 17.6. The van der Waals surface area contributed by atoms with Gasteiger partial charge in [0.2, 0.25) is 0 Å². The van der Waals surface area contributed by atoms with E-state index in [-0.39, 0.29) is 5.76 Å². The average Bonchev–Trinajstić information content (AvgIpc) is 3.00. The van der Waals surface area contributed by atoms with Crippen LogP contribution in [-0.2, 0) is 11.9 Å². The lowest BCUT2D eigenvalue weighted by atomic mass is 10.0. The molecule has 0 atom stereocenters. The van der Waals surface area contributed by atoms with E-state index >= 15 is 0 Å². The second-order valence-corrected chi connectivity index (χ2v) is 6.75. The number of rotatable bonds is 5. The van der Waals surface area contributed by atoms with Crippen LogP contribution in [0, 0.1) is 0 Å². The third-order valence-electron chi connectivity index (χ3n) is 4.16. The van der Waals surface area contributed by atoms with Crippen molar-refractivity contribution in [2.45, 2.75) is 6.92 Å². The van der Waals surface area contributed by atoms with Gasteiger partial charge in [0.15, 0.2) is 5.76 Å². The Labute approximate surface area is 170 Å². The summed E-state index contributed by atoms with van der Waals surface area (Å²) in [6.45, 7) is 1.79. The molecule has 3 aromatic rings. The van der Waals surface area contributed by atoms with Gasteiger partial charge in [-0.25, -0.2) is 4.79 Å². The van der Waals surface area contributed by atoms with Crippen LogP contribution in [-0.4, -0.2) is 26.9 Å². The molecule has 146 valence electrons. The van der Waals surface area contributed by atoms with Gasteiger partial charge >= 0.3 is 5.69 Å². The van der Waals surface area contributed by atoms with Gasteiger partial charge in [-0.2, -0.15) is 15.3 Å². The van der Waals surface area contributed by atoms with Gasteiger partial charge in [0, 0.05) is 22.7 Å². The zero-order valence-electron chi connectivity index (χ0n) is 15.3. The zero-order chi connectivity index (χ0) is 20.4. The highest BCUT2D eigenvalue weighted by Gasteiger charge is 2.22. The van der Waals surface area contributed by atoms with Gasteiger partial charge in [-0.05, 0) is 53.2 Å². The van der Waals surface area contributed by atoms with Crippen molar-refractivity contribution in [2.75, 3.05) is 7.11 Å². The van der Waals surface area contributed by atoms with Gasteiger partial charge in [-0.15, -0.1) is 0 Å². The number of benzene rings is 2. The number of nitrogens with two attached hydrogens (primary N) is 1. The molecular formula is C18H17Cl2N5O3. The van der Waals surface area contributed by atoms with E-state index in [9.17, 15) is 4.79 Å². The van der Waals surface area contributed by atoms with Crippen LogP contribution in [0.15, 0.2) is 41.2 Å². The lowest BCUT2D eigenvalue weighted by Crippen LogP contribution is -2.23. The molecule has 8 nitrogen and oxygen atoms in total. The van der Waals surface area contributed by atoms with Gasteiger partial charge in [0.25, 0.3) is 0 Å². The van der Waals surface area contributed by atoms with E-state index in [1.807, 2.05) is 0 Å². The Bertz CT molecular complexity index is 1100. The number of halogens is 2. The largest absolute Gasteiger partial charge is 0.496 e. The van der Waals surface area contributed by atoms with Gasteiger partial charge in [-0.3, -0.25) is 0 Å². The maximum Gasteiger partial charge on any atom is 0.368 e. The number of allylic oxidation sites excluding steroid dienone is 1. The van der Waals surface area contributed by atoms with E-state index in [0.717, 1.165) is 9.36 Å². The van der Waals surface area contributed by atoms with Crippen LogP contribution in [0.4, 0.5) is 0 Å². The molecule has 0 saturated carbocycles. The highest BCUT2D eigenvalue weighted by Crippen LogP contribution is 2.37. The first-order valence-electron chi connectivity index (χ1n) is 8.08. The van der Waals surface area contributed by atoms with E-state index in [2.05, 4.69) is 10.4 Å². The molecule has 1 heterocycles. The predicted molar refractivity (Wildman–Crippen MR) is 107 cm³/mol. The summed E-state index contributed by atoms with van der Waals surface area (Å²) in [6, 6.07) is 10.2. The number of hydrogen-bond donors (Lipinski definition) is 1. The molecule has 3 rings (SSSR count). The first-order chi connectivity index (χ1) is 13.4. The topological polar surface area (TPSA) is 97.2 Å². The molecule has 0 aliphatic rings. The molecule has 0 amide bonds. The average molecular weight is 422 g/mol. The molecule has 0 unspecified atom stereocenters. The SMILES string of the molecule is COc1cccc(-n2nnn(C)c2=O)c1/C(ON)=C(/C)c1cc(Cl)cc(Cl)c1. The Morgan fingerprint density at radius 3 is 2.36 bits per heavy atom. The minimum absolute atomic E-state index is 0.267. The van der Waals surface area contributed by atoms with Gasteiger partial charge < -0.3 is 9.57 Å². The summed E-state index contributed by atoms with van der Waals surface area (Å²) < 4.78 is 7.72. The van der Waals surface area contributed by atoms with Crippen LogP contribution in [0.2, 0.25) is 10.0 Å². The molecule has 0 aliphatic heterocycles. The normalized spacial score (nSPS) is 11.9. The molecule has 0 radical (unpaired) electrons. The van der Waals surface area contributed by atoms with Gasteiger partial charge in [0.1, 0.15) is 5.75 Å². The summed E-state index contributed by atoms with van der Waals surface area (Å²) in [5.74, 6) is 6.33. The summed E-state index contributed by atoms with van der Waals surface area (Å²) in [5.41, 5.74) is 1.72. The van der Waals surface area contributed by atoms with Crippen LogP contribution in [0.25, 0.3) is 17.0 Å². The van der Waals surface area contributed by atoms with Crippen LogP contribution in [0.1, 0.15) is 18.1 Å². The Kier molecular flexibility index (Phi) is 5.73. The second kappa shape index (κ2) is 8.05.